The molecule has 122 valence electrons. The zero-order chi connectivity index (χ0) is 17.1. The number of aryl methyl sites for hydroxylation is 1. The number of aromatic nitrogens is 2. The van der Waals surface area contributed by atoms with E-state index in [0.29, 0.717) is 12.1 Å². The number of anilines is 1. The Hall–Kier alpha value is -2.40. The average Bonchev–Trinajstić information content (AvgIpc) is 2.83. The van der Waals surface area contributed by atoms with Crippen molar-refractivity contribution >= 4 is 27.5 Å². The summed E-state index contributed by atoms with van der Waals surface area (Å²) in [4.78, 5) is 12.5. The van der Waals surface area contributed by atoms with Gasteiger partial charge in [0, 0.05) is 4.47 Å². The molecule has 1 amide bonds. The largest absolute Gasteiger partial charge is 0.319 e. The van der Waals surface area contributed by atoms with E-state index in [1.54, 1.807) is 6.07 Å². The van der Waals surface area contributed by atoms with Crippen LogP contribution in [0.15, 0.2) is 59.1 Å². The number of halogens is 1. The lowest BCUT2D eigenvalue weighted by Gasteiger charge is -2.08. The number of nitrogens with zero attached hydrogens (tertiary/aromatic N) is 2. The van der Waals surface area contributed by atoms with Crippen molar-refractivity contribution in [3.05, 3.63) is 81.6 Å². The maximum atomic E-state index is 12.5. The molecular formula is C19H18BrN3O. The van der Waals surface area contributed by atoms with E-state index in [9.17, 15) is 4.79 Å². The van der Waals surface area contributed by atoms with Gasteiger partial charge in [-0.3, -0.25) is 9.48 Å². The van der Waals surface area contributed by atoms with E-state index in [0.717, 1.165) is 21.5 Å². The summed E-state index contributed by atoms with van der Waals surface area (Å²) in [6, 6.07) is 17.5. The molecule has 0 bridgehead atoms. The molecule has 24 heavy (non-hydrogen) atoms. The van der Waals surface area contributed by atoms with Gasteiger partial charge in [0.1, 0.15) is 0 Å². The number of hydrogen-bond donors (Lipinski definition) is 1. The maximum Gasteiger partial charge on any atom is 0.256 e. The molecular weight excluding hydrogens is 366 g/mol. The molecule has 0 fully saturated rings. The van der Waals surface area contributed by atoms with Gasteiger partial charge in [0.2, 0.25) is 0 Å². The van der Waals surface area contributed by atoms with Crippen LogP contribution in [0.3, 0.4) is 0 Å². The maximum absolute atomic E-state index is 12.5. The van der Waals surface area contributed by atoms with Gasteiger partial charge in [0.15, 0.2) is 0 Å². The number of carbonyl (C=O) groups excluding carboxylic acids is 1. The van der Waals surface area contributed by atoms with Crippen LogP contribution in [-0.2, 0) is 6.54 Å². The van der Waals surface area contributed by atoms with Gasteiger partial charge in [-0.25, -0.2) is 0 Å². The SMILES string of the molecule is Cc1nn(Cc2ccccc2)c(C)c1NC(=O)c1ccccc1Br. The standard InChI is InChI=1S/C19H18BrN3O/c1-13-18(21-19(24)16-10-6-7-11-17(16)20)14(2)23(22-13)12-15-8-4-3-5-9-15/h3-11H,12H2,1-2H3,(H,21,24). The third-order valence-corrected chi connectivity index (χ3v) is 4.61. The molecule has 3 aromatic rings. The predicted octanol–water partition coefficient (Wildman–Crippen LogP) is 4.56. The summed E-state index contributed by atoms with van der Waals surface area (Å²) in [5.41, 5.74) is 4.30. The molecule has 0 unspecified atom stereocenters. The highest BCUT2D eigenvalue weighted by Crippen LogP contribution is 2.23. The Balaban J connectivity index is 1.84. The zero-order valence-corrected chi connectivity index (χ0v) is 15.2. The van der Waals surface area contributed by atoms with Crippen molar-refractivity contribution in [3.8, 4) is 0 Å². The van der Waals surface area contributed by atoms with Crippen LogP contribution in [0, 0.1) is 13.8 Å². The van der Waals surface area contributed by atoms with Crippen LogP contribution in [0.4, 0.5) is 5.69 Å². The molecule has 0 atom stereocenters. The van der Waals surface area contributed by atoms with Gasteiger partial charge in [-0.05, 0) is 47.5 Å². The topological polar surface area (TPSA) is 46.9 Å². The molecule has 3 rings (SSSR count). The van der Waals surface area contributed by atoms with Gasteiger partial charge in [0.05, 0.1) is 29.2 Å². The van der Waals surface area contributed by atoms with Gasteiger partial charge in [-0.1, -0.05) is 42.5 Å². The highest BCUT2D eigenvalue weighted by Gasteiger charge is 2.16. The minimum absolute atomic E-state index is 0.145. The fourth-order valence-corrected chi connectivity index (χ4v) is 3.08. The third-order valence-electron chi connectivity index (χ3n) is 3.91. The summed E-state index contributed by atoms with van der Waals surface area (Å²) in [5.74, 6) is -0.145. The van der Waals surface area contributed by atoms with Crippen molar-refractivity contribution in [3.63, 3.8) is 0 Å². The monoisotopic (exact) mass is 383 g/mol. The molecule has 2 aromatic carbocycles. The summed E-state index contributed by atoms with van der Waals surface area (Å²) in [6.07, 6.45) is 0. The second kappa shape index (κ2) is 7.01. The van der Waals surface area contributed by atoms with E-state index in [1.165, 1.54) is 5.56 Å². The van der Waals surface area contributed by atoms with E-state index in [2.05, 4.69) is 38.5 Å². The fourth-order valence-electron chi connectivity index (χ4n) is 2.61. The van der Waals surface area contributed by atoms with Crippen LogP contribution >= 0.6 is 15.9 Å². The molecule has 0 radical (unpaired) electrons. The molecule has 0 aliphatic heterocycles. The highest BCUT2D eigenvalue weighted by atomic mass is 79.9. The summed E-state index contributed by atoms with van der Waals surface area (Å²) in [5, 5.41) is 7.55. The van der Waals surface area contributed by atoms with Crippen molar-refractivity contribution in [2.24, 2.45) is 0 Å². The smallest absolute Gasteiger partial charge is 0.256 e. The van der Waals surface area contributed by atoms with Crippen LogP contribution in [0.5, 0.6) is 0 Å². The molecule has 4 nitrogen and oxygen atoms in total. The summed E-state index contributed by atoms with van der Waals surface area (Å²) in [7, 11) is 0. The van der Waals surface area contributed by atoms with Crippen molar-refractivity contribution in [2.45, 2.75) is 20.4 Å². The number of nitrogens with one attached hydrogen (secondary N) is 1. The van der Waals surface area contributed by atoms with E-state index in [1.807, 2.05) is 54.9 Å². The Bertz CT molecular complexity index is 872. The minimum atomic E-state index is -0.145. The molecule has 0 aliphatic carbocycles. The highest BCUT2D eigenvalue weighted by molar-refractivity contribution is 9.10. The number of benzene rings is 2. The van der Waals surface area contributed by atoms with Crippen molar-refractivity contribution in [1.82, 2.24) is 9.78 Å². The second-order valence-electron chi connectivity index (χ2n) is 5.62. The molecule has 0 saturated heterocycles. The van der Waals surface area contributed by atoms with Crippen LogP contribution in [-0.4, -0.2) is 15.7 Å². The van der Waals surface area contributed by atoms with Gasteiger partial charge >= 0.3 is 0 Å². The first-order chi connectivity index (χ1) is 11.6. The van der Waals surface area contributed by atoms with Gasteiger partial charge in [0.25, 0.3) is 5.91 Å². The third kappa shape index (κ3) is 3.41. The first kappa shape index (κ1) is 16.5. The molecule has 1 aromatic heterocycles. The normalized spacial score (nSPS) is 10.6. The van der Waals surface area contributed by atoms with Gasteiger partial charge in [-0.2, -0.15) is 5.10 Å². The minimum Gasteiger partial charge on any atom is -0.319 e. The molecule has 0 saturated carbocycles. The molecule has 5 heteroatoms. The second-order valence-corrected chi connectivity index (χ2v) is 6.48. The van der Waals surface area contributed by atoms with Crippen molar-refractivity contribution in [1.29, 1.82) is 0 Å². The van der Waals surface area contributed by atoms with Crippen molar-refractivity contribution < 1.29 is 4.79 Å². The van der Waals surface area contributed by atoms with Crippen LogP contribution in [0.25, 0.3) is 0 Å². The Morgan fingerprint density at radius 2 is 1.75 bits per heavy atom. The Labute approximate surface area is 149 Å². The lowest BCUT2D eigenvalue weighted by Crippen LogP contribution is -2.14. The van der Waals surface area contributed by atoms with Crippen LogP contribution < -0.4 is 5.32 Å². The summed E-state index contributed by atoms with van der Waals surface area (Å²) < 4.78 is 2.69. The number of hydrogen-bond acceptors (Lipinski definition) is 2. The molecule has 0 aliphatic rings. The van der Waals surface area contributed by atoms with E-state index >= 15 is 0 Å². The molecule has 0 spiro atoms. The van der Waals surface area contributed by atoms with Gasteiger partial charge < -0.3 is 5.32 Å². The van der Waals surface area contributed by atoms with E-state index < -0.39 is 0 Å². The fraction of sp³-hybridized carbons (Fsp3) is 0.158. The first-order valence-corrected chi connectivity index (χ1v) is 8.49. The predicted molar refractivity (Wildman–Crippen MR) is 99.3 cm³/mol. The Kier molecular flexibility index (Phi) is 4.81. The summed E-state index contributed by atoms with van der Waals surface area (Å²) in [6.45, 7) is 4.56. The lowest BCUT2D eigenvalue weighted by atomic mass is 10.2. The van der Waals surface area contributed by atoms with E-state index in [-0.39, 0.29) is 5.91 Å². The summed E-state index contributed by atoms with van der Waals surface area (Å²) >= 11 is 3.42. The van der Waals surface area contributed by atoms with Gasteiger partial charge in [-0.15, -0.1) is 0 Å². The van der Waals surface area contributed by atoms with E-state index in [4.69, 9.17) is 0 Å². The van der Waals surface area contributed by atoms with Crippen molar-refractivity contribution in [2.75, 3.05) is 5.32 Å². The molecule has 1 heterocycles. The Morgan fingerprint density at radius 1 is 1.08 bits per heavy atom. The Morgan fingerprint density at radius 3 is 2.46 bits per heavy atom. The first-order valence-electron chi connectivity index (χ1n) is 7.70. The number of amides is 1. The number of rotatable bonds is 4. The van der Waals surface area contributed by atoms with Crippen LogP contribution in [0.2, 0.25) is 0 Å². The quantitative estimate of drug-likeness (QED) is 0.717. The molecule has 1 N–H and O–H groups in total. The average molecular weight is 384 g/mol. The van der Waals surface area contributed by atoms with Crippen LogP contribution in [0.1, 0.15) is 27.3 Å². The number of carbonyl (C=O) groups is 1. The lowest BCUT2D eigenvalue weighted by molar-refractivity contribution is 0.102. The zero-order valence-electron chi connectivity index (χ0n) is 13.6.